The predicted octanol–water partition coefficient (Wildman–Crippen LogP) is 3.55. The molecule has 0 N–H and O–H groups in total. The molecule has 1 aromatic carbocycles. The van der Waals surface area contributed by atoms with Crippen LogP contribution in [0.25, 0.3) is 0 Å². The molecule has 80 valence electrons. The first-order valence-corrected chi connectivity index (χ1v) is 5.96. The van der Waals surface area contributed by atoms with Crippen molar-refractivity contribution in [3.8, 4) is 0 Å². The van der Waals surface area contributed by atoms with Crippen LogP contribution in [-0.2, 0) is 12.8 Å². The van der Waals surface area contributed by atoms with Crippen LogP contribution in [0.2, 0.25) is 0 Å². The lowest BCUT2D eigenvalue weighted by Gasteiger charge is -2.07. The summed E-state index contributed by atoms with van der Waals surface area (Å²) in [5.74, 6) is 0.348. The lowest BCUT2D eigenvalue weighted by atomic mass is 9.97. The Morgan fingerprint density at radius 2 is 2.00 bits per heavy atom. The maximum Gasteiger partial charge on any atom is 0.163 e. The minimum Gasteiger partial charge on any atom is -0.294 e. The summed E-state index contributed by atoms with van der Waals surface area (Å²) < 4.78 is 0. The van der Waals surface area contributed by atoms with Gasteiger partial charge in [0.25, 0.3) is 0 Å². The third-order valence-electron chi connectivity index (χ3n) is 3.11. The minimum absolute atomic E-state index is 0.348. The number of ketones is 1. The molecule has 1 aliphatic rings. The highest BCUT2D eigenvalue weighted by atomic mass is 16.1. The van der Waals surface area contributed by atoms with Crippen LogP contribution in [0.1, 0.15) is 54.1 Å². The molecule has 15 heavy (non-hydrogen) atoms. The second kappa shape index (κ2) is 4.61. The Morgan fingerprint density at radius 3 is 2.80 bits per heavy atom. The third kappa shape index (κ3) is 2.28. The molecular weight excluding hydrogens is 184 g/mol. The van der Waals surface area contributed by atoms with Crippen LogP contribution < -0.4 is 0 Å². The van der Waals surface area contributed by atoms with E-state index in [4.69, 9.17) is 0 Å². The van der Waals surface area contributed by atoms with Crippen molar-refractivity contribution in [2.75, 3.05) is 0 Å². The van der Waals surface area contributed by atoms with E-state index in [1.807, 2.05) is 0 Å². The minimum atomic E-state index is 0.348. The normalized spacial score (nSPS) is 15.9. The molecule has 0 unspecified atom stereocenters. The molecule has 0 spiro atoms. The van der Waals surface area contributed by atoms with Crippen molar-refractivity contribution in [2.24, 2.45) is 0 Å². The first-order valence-electron chi connectivity index (χ1n) is 5.96. The van der Waals surface area contributed by atoms with Crippen LogP contribution in [-0.4, -0.2) is 5.78 Å². The average Bonchev–Trinajstić information content (AvgIpc) is 2.42. The molecule has 0 atom stereocenters. The number of carbonyl (C=O) groups is 1. The molecule has 0 radical (unpaired) electrons. The third-order valence-corrected chi connectivity index (χ3v) is 3.11. The summed E-state index contributed by atoms with van der Waals surface area (Å²) >= 11 is 0. The van der Waals surface area contributed by atoms with Crippen LogP contribution in [0.15, 0.2) is 18.2 Å². The molecule has 0 bridgehead atoms. The summed E-state index contributed by atoms with van der Waals surface area (Å²) in [6, 6.07) is 6.46. The van der Waals surface area contributed by atoms with Gasteiger partial charge in [0.05, 0.1) is 0 Å². The van der Waals surface area contributed by atoms with Crippen LogP contribution in [0.4, 0.5) is 0 Å². The molecule has 0 aliphatic heterocycles. The zero-order chi connectivity index (χ0) is 10.7. The first-order chi connectivity index (χ1) is 7.31. The summed E-state index contributed by atoms with van der Waals surface area (Å²) in [5, 5.41) is 0. The Kier molecular flexibility index (Phi) is 3.20. The Labute approximate surface area is 91.5 Å². The summed E-state index contributed by atoms with van der Waals surface area (Å²) in [6.07, 6.45) is 6.26. The Balaban J connectivity index is 2.35. The molecule has 0 heterocycles. The van der Waals surface area contributed by atoms with E-state index in [0.717, 1.165) is 44.1 Å². The fraction of sp³-hybridized carbons (Fsp3) is 0.500. The van der Waals surface area contributed by atoms with Gasteiger partial charge >= 0.3 is 0 Å². The summed E-state index contributed by atoms with van der Waals surface area (Å²) in [7, 11) is 0. The summed E-state index contributed by atoms with van der Waals surface area (Å²) in [5.41, 5.74) is 3.57. The lowest BCUT2D eigenvalue weighted by molar-refractivity contribution is 0.0982. The number of rotatable bonds is 2. The van der Waals surface area contributed by atoms with Gasteiger partial charge in [-0.3, -0.25) is 4.79 Å². The van der Waals surface area contributed by atoms with Gasteiger partial charge in [-0.1, -0.05) is 25.5 Å². The topological polar surface area (TPSA) is 17.1 Å². The SMILES string of the molecule is CCCc1ccc2c(c1)C(=O)CCCC2. The van der Waals surface area contributed by atoms with Crippen molar-refractivity contribution in [3.05, 3.63) is 34.9 Å². The molecule has 0 aromatic heterocycles. The zero-order valence-corrected chi connectivity index (χ0v) is 9.38. The highest BCUT2D eigenvalue weighted by Crippen LogP contribution is 2.22. The number of fused-ring (bicyclic) bond motifs is 1. The molecule has 1 aromatic rings. The van der Waals surface area contributed by atoms with Gasteiger partial charge in [0.2, 0.25) is 0 Å². The Bertz CT molecular complexity index is 366. The number of Topliss-reactive ketones (excluding diaryl/α,β-unsaturated/α-hetero) is 1. The van der Waals surface area contributed by atoms with Gasteiger partial charge in [0.1, 0.15) is 0 Å². The monoisotopic (exact) mass is 202 g/mol. The fourth-order valence-electron chi connectivity index (χ4n) is 2.28. The standard InChI is InChI=1S/C14H18O/c1-2-5-11-8-9-12-6-3-4-7-14(15)13(12)10-11/h8-10H,2-7H2,1H3. The van der Waals surface area contributed by atoms with Crippen LogP contribution >= 0.6 is 0 Å². The smallest absolute Gasteiger partial charge is 0.163 e. The zero-order valence-electron chi connectivity index (χ0n) is 9.38. The quantitative estimate of drug-likeness (QED) is 0.670. The maximum absolute atomic E-state index is 11.9. The van der Waals surface area contributed by atoms with Crippen molar-refractivity contribution in [1.82, 2.24) is 0 Å². The second-order valence-corrected chi connectivity index (χ2v) is 4.37. The van der Waals surface area contributed by atoms with Gasteiger partial charge in [-0.05, 0) is 42.9 Å². The fourth-order valence-corrected chi connectivity index (χ4v) is 2.28. The predicted molar refractivity (Wildman–Crippen MR) is 62.3 cm³/mol. The molecule has 1 heteroatoms. The molecule has 0 saturated heterocycles. The van der Waals surface area contributed by atoms with E-state index in [-0.39, 0.29) is 0 Å². The number of hydrogen-bond donors (Lipinski definition) is 0. The molecule has 1 nitrogen and oxygen atoms in total. The Hall–Kier alpha value is -1.11. The first kappa shape index (κ1) is 10.4. The van der Waals surface area contributed by atoms with Crippen molar-refractivity contribution in [2.45, 2.75) is 45.4 Å². The summed E-state index contributed by atoms with van der Waals surface area (Å²) in [4.78, 5) is 11.9. The van der Waals surface area contributed by atoms with Gasteiger partial charge in [0.15, 0.2) is 5.78 Å². The van der Waals surface area contributed by atoms with Gasteiger partial charge in [-0.25, -0.2) is 0 Å². The van der Waals surface area contributed by atoms with Gasteiger partial charge in [-0.2, -0.15) is 0 Å². The van der Waals surface area contributed by atoms with E-state index < -0.39 is 0 Å². The lowest BCUT2D eigenvalue weighted by Crippen LogP contribution is -2.01. The van der Waals surface area contributed by atoms with Crippen molar-refractivity contribution >= 4 is 5.78 Å². The molecule has 0 fully saturated rings. The average molecular weight is 202 g/mol. The number of benzene rings is 1. The molecule has 2 rings (SSSR count). The number of hydrogen-bond acceptors (Lipinski definition) is 1. The number of carbonyl (C=O) groups excluding carboxylic acids is 1. The van der Waals surface area contributed by atoms with Gasteiger partial charge in [0, 0.05) is 12.0 Å². The van der Waals surface area contributed by atoms with Crippen LogP contribution in [0.3, 0.4) is 0 Å². The molecule has 1 aliphatic carbocycles. The highest BCUT2D eigenvalue weighted by molar-refractivity contribution is 5.97. The van der Waals surface area contributed by atoms with E-state index in [1.54, 1.807) is 0 Å². The van der Waals surface area contributed by atoms with Crippen LogP contribution in [0.5, 0.6) is 0 Å². The van der Waals surface area contributed by atoms with E-state index in [1.165, 1.54) is 11.1 Å². The van der Waals surface area contributed by atoms with E-state index in [2.05, 4.69) is 25.1 Å². The van der Waals surface area contributed by atoms with Gasteiger partial charge in [-0.15, -0.1) is 0 Å². The number of aryl methyl sites for hydroxylation is 2. The Morgan fingerprint density at radius 1 is 1.20 bits per heavy atom. The largest absolute Gasteiger partial charge is 0.294 e. The van der Waals surface area contributed by atoms with Crippen molar-refractivity contribution < 1.29 is 4.79 Å². The van der Waals surface area contributed by atoms with Crippen LogP contribution in [0, 0.1) is 0 Å². The van der Waals surface area contributed by atoms with Crippen molar-refractivity contribution in [3.63, 3.8) is 0 Å². The van der Waals surface area contributed by atoms with E-state index in [0.29, 0.717) is 5.78 Å². The molecule has 0 saturated carbocycles. The van der Waals surface area contributed by atoms with E-state index >= 15 is 0 Å². The highest BCUT2D eigenvalue weighted by Gasteiger charge is 2.15. The second-order valence-electron chi connectivity index (χ2n) is 4.37. The summed E-state index contributed by atoms with van der Waals surface area (Å²) in [6.45, 7) is 2.17. The molecule has 0 amide bonds. The molecular formula is C14H18O. The van der Waals surface area contributed by atoms with Crippen molar-refractivity contribution in [1.29, 1.82) is 0 Å². The van der Waals surface area contributed by atoms with Gasteiger partial charge < -0.3 is 0 Å². The van der Waals surface area contributed by atoms with E-state index in [9.17, 15) is 4.79 Å². The maximum atomic E-state index is 11.9.